The lowest BCUT2D eigenvalue weighted by molar-refractivity contribution is -0.142. The molecule has 2 aromatic heterocycles. The maximum Gasteiger partial charge on any atom is 0.308 e. The van der Waals surface area contributed by atoms with Gasteiger partial charge in [-0.15, -0.1) is 0 Å². The predicted octanol–water partition coefficient (Wildman–Crippen LogP) is 0.900. The van der Waals surface area contributed by atoms with E-state index < -0.39 is 5.97 Å². The molecule has 2 aliphatic rings. The van der Waals surface area contributed by atoms with Crippen LogP contribution in [0.25, 0.3) is 11.2 Å². The summed E-state index contributed by atoms with van der Waals surface area (Å²) < 4.78 is 0. The van der Waals surface area contributed by atoms with Crippen LogP contribution in [0.4, 0.5) is 5.82 Å². The van der Waals surface area contributed by atoms with E-state index in [-0.39, 0.29) is 11.8 Å². The number of nitrogens with zero attached hydrogens (tertiary/aromatic N) is 4. The molecule has 1 aliphatic heterocycles. The van der Waals surface area contributed by atoms with Gasteiger partial charge in [-0.3, -0.25) is 4.79 Å². The van der Waals surface area contributed by atoms with Gasteiger partial charge in [0, 0.05) is 13.1 Å². The molecule has 2 N–H and O–H groups in total. The minimum atomic E-state index is -0.695. The van der Waals surface area contributed by atoms with Crippen LogP contribution in [0, 0.1) is 17.8 Å². The molecule has 2 fully saturated rings. The summed E-state index contributed by atoms with van der Waals surface area (Å²) in [5, 5.41) is 9.42. The molecule has 104 valence electrons. The lowest BCUT2D eigenvalue weighted by Crippen LogP contribution is -2.24. The standard InChI is InChI=1S/C13H15N5O2/c19-13(20)9-4-18(3-8(9)7-1-2-7)12-10-11(15-5-14-10)16-6-17-12/h5-9H,1-4H2,(H,19,20)(H,14,15,16,17)/t8-,9+/m0/s1. The second-order valence-corrected chi connectivity index (χ2v) is 5.65. The summed E-state index contributed by atoms with van der Waals surface area (Å²) in [5.74, 6) is 0.581. The highest BCUT2D eigenvalue weighted by molar-refractivity contribution is 5.83. The minimum Gasteiger partial charge on any atom is -0.481 e. The largest absolute Gasteiger partial charge is 0.481 e. The first-order chi connectivity index (χ1) is 9.74. The van der Waals surface area contributed by atoms with Crippen LogP contribution in [0.5, 0.6) is 0 Å². The van der Waals surface area contributed by atoms with Crippen molar-refractivity contribution in [1.29, 1.82) is 0 Å². The molecule has 1 saturated heterocycles. The number of carboxylic acid groups (broad SMARTS) is 1. The number of imidazole rings is 1. The van der Waals surface area contributed by atoms with Crippen LogP contribution in [0.2, 0.25) is 0 Å². The molecule has 1 aliphatic carbocycles. The first-order valence-electron chi connectivity index (χ1n) is 6.86. The molecule has 0 amide bonds. The quantitative estimate of drug-likeness (QED) is 0.862. The van der Waals surface area contributed by atoms with E-state index in [1.165, 1.54) is 6.33 Å². The lowest BCUT2D eigenvalue weighted by atomic mass is 9.92. The van der Waals surface area contributed by atoms with E-state index in [4.69, 9.17) is 0 Å². The van der Waals surface area contributed by atoms with E-state index in [1.54, 1.807) is 6.33 Å². The number of hydrogen-bond donors (Lipinski definition) is 2. The fourth-order valence-electron chi connectivity index (χ4n) is 3.26. The molecule has 3 heterocycles. The van der Waals surface area contributed by atoms with Crippen LogP contribution >= 0.6 is 0 Å². The molecular formula is C13H15N5O2. The first-order valence-corrected chi connectivity index (χ1v) is 6.86. The number of carbonyl (C=O) groups is 1. The van der Waals surface area contributed by atoms with Crippen molar-refractivity contribution in [2.24, 2.45) is 17.8 Å². The van der Waals surface area contributed by atoms with E-state index in [0.717, 1.165) is 30.7 Å². The Hall–Kier alpha value is -2.18. The maximum absolute atomic E-state index is 11.5. The third-order valence-corrected chi connectivity index (χ3v) is 4.41. The molecule has 0 bridgehead atoms. The third-order valence-electron chi connectivity index (χ3n) is 4.41. The number of aromatic nitrogens is 4. The minimum absolute atomic E-state index is 0.237. The Balaban J connectivity index is 1.69. The smallest absolute Gasteiger partial charge is 0.308 e. The number of aromatic amines is 1. The van der Waals surface area contributed by atoms with Crippen molar-refractivity contribution in [3.05, 3.63) is 12.7 Å². The Bertz CT molecular complexity index is 666. The van der Waals surface area contributed by atoms with Gasteiger partial charge in [0.05, 0.1) is 12.2 Å². The second-order valence-electron chi connectivity index (χ2n) is 5.65. The van der Waals surface area contributed by atoms with Gasteiger partial charge in [-0.1, -0.05) is 0 Å². The fraction of sp³-hybridized carbons (Fsp3) is 0.538. The van der Waals surface area contributed by atoms with Gasteiger partial charge < -0.3 is 15.0 Å². The first kappa shape index (κ1) is 11.6. The molecular weight excluding hydrogens is 258 g/mol. The van der Waals surface area contributed by atoms with Crippen LogP contribution in [0.3, 0.4) is 0 Å². The summed E-state index contributed by atoms with van der Waals surface area (Å²) in [7, 11) is 0. The Labute approximate surface area is 115 Å². The van der Waals surface area contributed by atoms with E-state index in [0.29, 0.717) is 18.1 Å². The summed E-state index contributed by atoms with van der Waals surface area (Å²) in [6.07, 6.45) is 5.39. The number of H-pyrrole nitrogens is 1. The number of anilines is 1. The lowest BCUT2D eigenvalue weighted by Gasteiger charge is -2.17. The van der Waals surface area contributed by atoms with Crippen LogP contribution < -0.4 is 4.90 Å². The van der Waals surface area contributed by atoms with Crippen LogP contribution in [-0.2, 0) is 4.79 Å². The van der Waals surface area contributed by atoms with Gasteiger partial charge >= 0.3 is 5.97 Å². The summed E-state index contributed by atoms with van der Waals surface area (Å²) in [6, 6.07) is 0. The second kappa shape index (κ2) is 4.16. The highest BCUT2D eigenvalue weighted by atomic mass is 16.4. The Morgan fingerprint density at radius 3 is 2.90 bits per heavy atom. The van der Waals surface area contributed by atoms with Crippen molar-refractivity contribution in [1.82, 2.24) is 19.9 Å². The summed E-state index contributed by atoms with van der Waals surface area (Å²) >= 11 is 0. The number of aliphatic carboxylic acids is 1. The maximum atomic E-state index is 11.5. The highest BCUT2D eigenvalue weighted by Crippen LogP contribution is 2.45. The van der Waals surface area contributed by atoms with Gasteiger partial charge in [-0.25, -0.2) is 15.0 Å². The summed E-state index contributed by atoms with van der Waals surface area (Å²) in [5.41, 5.74) is 1.41. The number of fused-ring (bicyclic) bond motifs is 1. The highest BCUT2D eigenvalue weighted by Gasteiger charge is 2.46. The van der Waals surface area contributed by atoms with Gasteiger partial charge in [-0.05, 0) is 24.7 Å². The van der Waals surface area contributed by atoms with Gasteiger partial charge in [0.15, 0.2) is 11.5 Å². The summed E-state index contributed by atoms with van der Waals surface area (Å²) in [4.78, 5) is 29.1. The molecule has 7 nitrogen and oxygen atoms in total. The number of rotatable bonds is 3. The van der Waals surface area contributed by atoms with Crippen LogP contribution in [0.1, 0.15) is 12.8 Å². The molecule has 4 rings (SSSR count). The topological polar surface area (TPSA) is 95.0 Å². The normalized spacial score (nSPS) is 26.3. The average molecular weight is 273 g/mol. The Morgan fingerprint density at radius 1 is 1.30 bits per heavy atom. The molecule has 2 aromatic rings. The molecule has 2 atom stereocenters. The number of carboxylic acids is 1. The van der Waals surface area contributed by atoms with Crippen molar-refractivity contribution in [3.63, 3.8) is 0 Å². The molecule has 20 heavy (non-hydrogen) atoms. The van der Waals surface area contributed by atoms with E-state index >= 15 is 0 Å². The van der Waals surface area contributed by atoms with Gasteiger partial charge in [0.2, 0.25) is 0 Å². The molecule has 7 heteroatoms. The van der Waals surface area contributed by atoms with Crippen molar-refractivity contribution in [2.45, 2.75) is 12.8 Å². The van der Waals surface area contributed by atoms with Crippen molar-refractivity contribution >= 4 is 23.0 Å². The van der Waals surface area contributed by atoms with Gasteiger partial charge in [-0.2, -0.15) is 0 Å². The van der Waals surface area contributed by atoms with Crippen LogP contribution in [0.15, 0.2) is 12.7 Å². The number of hydrogen-bond acceptors (Lipinski definition) is 5. The Morgan fingerprint density at radius 2 is 2.15 bits per heavy atom. The third kappa shape index (κ3) is 1.73. The molecule has 0 radical (unpaired) electrons. The molecule has 1 saturated carbocycles. The van der Waals surface area contributed by atoms with Crippen LogP contribution in [-0.4, -0.2) is 44.1 Å². The molecule has 0 spiro atoms. The average Bonchev–Trinajstić information content (AvgIpc) is 3.02. The fourth-order valence-corrected chi connectivity index (χ4v) is 3.26. The summed E-state index contributed by atoms with van der Waals surface area (Å²) in [6.45, 7) is 1.27. The van der Waals surface area contributed by atoms with Crippen molar-refractivity contribution in [2.75, 3.05) is 18.0 Å². The number of nitrogens with one attached hydrogen (secondary N) is 1. The SMILES string of the molecule is O=C(O)[C@@H]1CN(c2ncnc3nc[nH]c23)C[C@H]1C1CC1. The molecule has 0 unspecified atom stereocenters. The van der Waals surface area contributed by atoms with Crippen molar-refractivity contribution < 1.29 is 9.90 Å². The van der Waals surface area contributed by atoms with Gasteiger partial charge in [0.1, 0.15) is 11.8 Å². The molecule has 0 aromatic carbocycles. The monoisotopic (exact) mass is 273 g/mol. The zero-order valence-electron chi connectivity index (χ0n) is 10.9. The zero-order valence-corrected chi connectivity index (χ0v) is 10.9. The Kier molecular flexibility index (Phi) is 2.42. The van der Waals surface area contributed by atoms with E-state index in [1.807, 2.05) is 0 Å². The van der Waals surface area contributed by atoms with Crippen molar-refractivity contribution in [3.8, 4) is 0 Å². The van der Waals surface area contributed by atoms with Gasteiger partial charge in [0.25, 0.3) is 0 Å². The van der Waals surface area contributed by atoms with E-state index in [2.05, 4.69) is 24.8 Å². The predicted molar refractivity (Wildman–Crippen MR) is 71.2 cm³/mol. The van der Waals surface area contributed by atoms with E-state index in [9.17, 15) is 9.90 Å². The zero-order chi connectivity index (χ0) is 13.7.